The molecule has 0 heterocycles. The van der Waals surface area contributed by atoms with Crippen LogP contribution in [-0.4, -0.2) is 11.8 Å². The van der Waals surface area contributed by atoms with Crippen molar-refractivity contribution in [3.63, 3.8) is 0 Å². The second-order valence-corrected chi connectivity index (χ2v) is 4.56. The van der Waals surface area contributed by atoms with Crippen molar-refractivity contribution in [3.05, 3.63) is 12.2 Å². The smallest absolute Gasteiger partial charge is 0.196 e. The van der Waals surface area contributed by atoms with Crippen LogP contribution in [0, 0.1) is 12.3 Å². The van der Waals surface area contributed by atoms with Crippen molar-refractivity contribution in [3.8, 4) is 12.3 Å². The van der Waals surface area contributed by atoms with Gasteiger partial charge in [0, 0.05) is 6.16 Å². The third-order valence-corrected chi connectivity index (χ3v) is 2.79. The molecule has 0 aliphatic carbocycles. The Morgan fingerprint density at radius 2 is 2.25 bits per heavy atom. The fourth-order valence-electron chi connectivity index (χ4n) is 0.597. The van der Waals surface area contributed by atoms with Crippen LogP contribution in [0.15, 0.2) is 12.2 Å². The van der Waals surface area contributed by atoms with E-state index in [4.69, 9.17) is 10.9 Å². The maximum atomic E-state index is 11.2. The van der Waals surface area contributed by atoms with E-state index < -0.39 is 13.6 Å². The molecule has 68 valence electrons. The largest absolute Gasteiger partial charge is 0.311 e. The lowest BCUT2D eigenvalue weighted by atomic mass is 10.2. The molecule has 0 aliphatic heterocycles. The minimum Gasteiger partial charge on any atom is -0.311 e. The summed E-state index contributed by atoms with van der Waals surface area (Å²) in [6, 6.07) is 0. The van der Waals surface area contributed by atoms with Crippen molar-refractivity contribution >= 4 is 8.03 Å². The van der Waals surface area contributed by atoms with E-state index in [2.05, 4.69) is 12.5 Å². The highest BCUT2D eigenvalue weighted by Gasteiger charge is 2.17. The first-order chi connectivity index (χ1) is 5.37. The summed E-state index contributed by atoms with van der Waals surface area (Å²) in [6.07, 6.45) is 5.58. The lowest BCUT2D eigenvalue weighted by Crippen LogP contribution is -2.17. The minimum absolute atomic E-state index is 0.412. The van der Waals surface area contributed by atoms with Gasteiger partial charge in [0.1, 0.15) is 5.60 Å². The van der Waals surface area contributed by atoms with Crippen LogP contribution in [0.5, 0.6) is 0 Å². The van der Waals surface area contributed by atoms with Gasteiger partial charge in [0.25, 0.3) is 0 Å². The normalized spacial score (nSPS) is 13.5. The first-order valence-corrected chi connectivity index (χ1v) is 5.24. The number of hydrogen-bond donors (Lipinski definition) is 0. The van der Waals surface area contributed by atoms with Gasteiger partial charge >= 0.3 is 0 Å². The molecular weight excluding hydrogens is 171 g/mol. The first kappa shape index (κ1) is 11.5. The summed E-state index contributed by atoms with van der Waals surface area (Å²) in [5.74, 6) is 2.42. The lowest BCUT2D eigenvalue weighted by Gasteiger charge is -2.17. The maximum Gasteiger partial charge on any atom is 0.196 e. The quantitative estimate of drug-likeness (QED) is 0.383. The highest BCUT2D eigenvalue weighted by Crippen LogP contribution is 2.31. The van der Waals surface area contributed by atoms with Crippen LogP contribution in [0.3, 0.4) is 0 Å². The van der Waals surface area contributed by atoms with Gasteiger partial charge in [-0.25, -0.2) is 0 Å². The molecule has 0 spiro atoms. The van der Waals surface area contributed by atoms with Gasteiger partial charge in [-0.2, -0.15) is 0 Å². The summed E-state index contributed by atoms with van der Waals surface area (Å²) in [7, 11) is -2.05. The van der Waals surface area contributed by atoms with E-state index in [1.165, 1.54) is 0 Å². The Kier molecular flexibility index (Phi) is 4.31. The molecule has 0 aromatic rings. The molecule has 0 aromatic heterocycles. The van der Waals surface area contributed by atoms with Crippen molar-refractivity contribution in [2.24, 2.45) is 0 Å². The molecular formula is C9H15O2P. The molecule has 12 heavy (non-hydrogen) atoms. The van der Waals surface area contributed by atoms with E-state index in [1.807, 2.05) is 6.92 Å². The predicted octanol–water partition coefficient (Wildman–Crippen LogP) is 2.47. The number of allylic oxidation sites excluding steroid dienone is 1. The second-order valence-electron chi connectivity index (χ2n) is 3.26. The molecule has 0 rings (SSSR count). The van der Waals surface area contributed by atoms with Crippen molar-refractivity contribution in [1.29, 1.82) is 0 Å². The highest BCUT2D eigenvalue weighted by molar-refractivity contribution is 7.39. The molecule has 1 atom stereocenters. The van der Waals surface area contributed by atoms with Crippen LogP contribution >= 0.6 is 8.03 Å². The van der Waals surface area contributed by atoms with E-state index >= 15 is 0 Å². The fourth-order valence-corrected chi connectivity index (χ4v) is 1.79. The monoisotopic (exact) mass is 186 g/mol. The molecule has 0 saturated carbocycles. The topological polar surface area (TPSA) is 26.3 Å². The molecule has 1 unspecified atom stereocenters. The van der Waals surface area contributed by atoms with E-state index in [0.717, 1.165) is 5.57 Å². The van der Waals surface area contributed by atoms with Crippen LogP contribution in [0.2, 0.25) is 0 Å². The van der Waals surface area contributed by atoms with Crippen LogP contribution in [-0.2, 0) is 9.09 Å². The Morgan fingerprint density at radius 3 is 2.58 bits per heavy atom. The molecule has 0 aliphatic rings. The average Bonchev–Trinajstić information content (AvgIpc) is 1.84. The zero-order chi connectivity index (χ0) is 9.78. The summed E-state index contributed by atoms with van der Waals surface area (Å²) < 4.78 is 16.4. The summed E-state index contributed by atoms with van der Waals surface area (Å²) >= 11 is 0. The van der Waals surface area contributed by atoms with Gasteiger partial charge in [0.15, 0.2) is 8.03 Å². The molecule has 0 amide bonds. The minimum atomic E-state index is -2.05. The fraction of sp³-hybridized carbons (Fsp3) is 0.556. The highest BCUT2D eigenvalue weighted by atomic mass is 31.1. The third-order valence-electron chi connectivity index (χ3n) is 1.16. The Morgan fingerprint density at radius 1 is 1.75 bits per heavy atom. The van der Waals surface area contributed by atoms with Gasteiger partial charge in [-0.05, 0) is 20.8 Å². The van der Waals surface area contributed by atoms with Crippen molar-refractivity contribution in [2.45, 2.75) is 26.4 Å². The lowest BCUT2D eigenvalue weighted by molar-refractivity contribution is 0.186. The Hall–Kier alpha value is -0.510. The molecule has 0 radical (unpaired) electrons. The van der Waals surface area contributed by atoms with Gasteiger partial charge in [0.2, 0.25) is 0 Å². The van der Waals surface area contributed by atoms with Gasteiger partial charge < -0.3 is 4.52 Å². The Bertz CT molecular complexity index is 235. The van der Waals surface area contributed by atoms with Crippen molar-refractivity contribution in [2.75, 3.05) is 6.16 Å². The SMILES string of the molecule is C#CC(C)(C)O[PH](=O)CC(=C)C. The Labute approximate surface area is 74.9 Å². The van der Waals surface area contributed by atoms with Crippen molar-refractivity contribution in [1.82, 2.24) is 0 Å². The Balaban J connectivity index is 4.03. The van der Waals surface area contributed by atoms with E-state index in [0.29, 0.717) is 6.16 Å². The molecule has 0 saturated heterocycles. The van der Waals surface area contributed by atoms with Crippen molar-refractivity contribution < 1.29 is 9.09 Å². The molecule has 2 nitrogen and oxygen atoms in total. The average molecular weight is 186 g/mol. The summed E-state index contributed by atoms with van der Waals surface area (Å²) in [4.78, 5) is 0. The van der Waals surface area contributed by atoms with Gasteiger partial charge in [0.05, 0.1) is 0 Å². The van der Waals surface area contributed by atoms with E-state index in [9.17, 15) is 4.57 Å². The summed E-state index contributed by atoms with van der Waals surface area (Å²) in [5, 5.41) is 0. The van der Waals surface area contributed by atoms with E-state index in [1.54, 1.807) is 13.8 Å². The zero-order valence-corrected chi connectivity index (χ0v) is 8.81. The summed E-state index contributed by atoms with van der Waals surface area (Å²) in [6.45, 7) is 8.89. The molecule has 0 bridgehead atoms. The second kappa shape index (κ2) is 4.50. The summed E-state index contributed by atoms with van der Waals surface area (Å²) in [5.41, 5.74) is 0.123. The molecule has 0 N–H and O–H groups in total. The van der Waals surface area contributed by atoms with Gasteiger partial charge in [-0.15, -0.1) is 6.42 Å². The van der Waals surface area contributed by atoms with E-state index in [-0.39, 0.29) is 0 Å². The first-order valence-electron chi connectivity index (χ1n) is 3.71. The molecule has 0 fully saturated rings. The number of hydrogen-bond acceptors (Lipinski definition) is 2. The molecule has 0 aromatic carbocycles. The third kappa shape index (κ3) is 5.18. The van der Waals surface area contributed by atoms with Crippen LogP contribution in [0.4, 0.5) is 0 Å². The zero-order valence-electron chi connectivity index (χ0n) is 7.81. The predicted molar refractivity (Wildman–Crippen MR) is 52.7 cm³/mol. The van der Waals surface area contributed by atoms with Gasteiger partial charge in [-0.3, -0.25) is 4.57 Å². The van der Waals surface area contributed by atoms with Crippen LogP contribution < -0.4 is 0 Å². The maximum absolute atomic E-state index is 11.2. The standard InChI is InChI=1S/C9H15O2P/c1-6-9(4,5)11-12(10)7-8(2)3/h1,12H,2,7H2,3-5H3. The number of rotatable bonds is 4. The van der Waals surface area contributed by atoms with Gasteiger partial charge in [-0.1, -0.05) is 18.1 Å². The number of terminal acetylenes is 1. The molecule has 3 heteroatoms. The van der Waals surface area contributed by atoms with Crippen LogP contribution in [0.1, 0.15) is 20.8 Å². The van der Waals surface area contributed by atoms with Crippen LogP contribution in [0.25, 0.3) is 0 Å².